The molecule has 1 fully saturated rings. The van der Waals surface area contributed by atoms with Crippen molar-refractivity contribution < 1.29 is 35.3 Å². The van der Waals surface area contributed by atoms with Gasteiger partial charge in [-0.05, 0) is 91.3 Å². The number of hydrogen-bond acceptors (Lipinski definition) is 5. The van der Waals surface area contributed by atoms with Gasteiger partial charge in [0.05, 0.1) is 5.56 Å². The average Bonchev–Trinajstić information content (AvgIpc) is 3.14. The Kier molecular flexibility index (Phi) is 5.74. The number of halogens is 3. The second-order valence-electron chi connectivity index (χ2n) is 9.78. The lowest BCUT2D eigenvalue weighted by Gasteiger charge is -2.49. The number of ether oxygens (including phenoxy) is 1. The third-order valence-electron chi connectivity index (χ3n) is 7.91. The fraction of sp³-hybridized carbons (Fsp3) is 0.423. The molecule has 0 heterocycles. The Morgan fingerprint density at radius 2 is 1.83 bits per heavy atom. The molecule has 3 aliphatic rings. The number of aryl methyl sites for hydroxylation is 1. The highest BCUT2D eigenvalue weighted by molar-refractivity contribution is 7.87. The summed E-state index contributed by atoms with van der Waals surface area (Å²) < 4.78 is 72.2. The van der Waals surface area contributed by atoms with Crippen molar-refractivity contribution in [1.82, 2.24) is 0 Å². The smallest absolute Gasteiger partial charge is 0.423 e. The van der Waals surface area contributed by atoms with Crippen LogP contribution in [0.4, 0.5) is 13.2 Å². The lowest BCUT2D eigenvalue weighted by Crippen LogP contribution is -2.42. The molecule has 2 aromatic rings. The van der Waals surface area contributed by atoms with Crippen molar-refractivity contribution in [3.63, 3.8) is 0 Å². The van der Waals surface area contributed by atoms with Crippen molar-refractivity contribution in [2.75, 3.05) is 0 Å². The Labute approximate surface area is 202 Å². The van der Waals surface area contributed by atoms with Crippen LogP contribution in [0.5, 0.6) is 5.75 Å². The number of carbonyl (C=O) groups is 1. The third-order valence-corrected chi connectivity index (χ3v) is 8.88. The number of alkyl halides is 3. The molecule has 5 rings (SSSR count). The van der Waals surface area contributed by atoms with Crippen molar-refractivity contribution in [3.8, 4) is 5.75 Å². The van der Waals surface area contributed by atoms with E-state index in [4.69, 9.17) is 4.74 Å². The summed E-state index contributed by atoms with van der Waals surface area (Å²) in [4.78, 5) is 12.4. The van der Waals surface area contributed by atoms with Gasteiger partial charge in [-0.3, -0.25) is 0 Å². The van der Waals surface area contributed by atoms with Crippen LogP contribution in [0.2, 0.25) is 0 Å². The van der Waals surface area contributed by atoms with Crippen molar-refractivity contribution in [2.24, 2.45) is 17.3 Å². The molecule has 3 aliphatic carbocycles. The summed E-state index contributed by atoms with van der Waals surface area (Å²) in [5, 5.41) is 0. The van der Waals surface area contributed by atoms with Gasteiger partial charge in [0.15, 0.2) is 0 Å². The molecule has 35 heavy (non-hydrogen) atoms. The maximum atomic E-state index is 12.9. The number of fused-ring (bicyclic) bond motifs is 5. The fourth-order valence-corrected chi connectivity index (χ4v) is 6.77. The Bertz CT molecular complexity index is 1290. The molecular weight excluding hydrogens is 481 g/mol. The predicted molar refractivity (Wildman–Crippen MR) is 122 cm³/mol. The van der Waals surface area contributed by atoms with Gasteiger partial charge in [0.1, 0.15) is 11.5 Å². The lowest BCUT2D eigenvalue weighted by atomic mass is 9.55. The Balaban J connectivity index is 1.33. The summed E-state index contributed by atoms with van der Waals surface area (Å²) in [6.45, 7) is 1.82. The zero-order chi connectivity index (χ0) is 25.0. The number of carbonyl (C=O) groups excluding carboxylic acids is 1. The largest absolute Gasteiger partial charge is 0.534 e. The molecule has 0 aliphatic heterocycles. The van der Waals surface area contributed by atoms with E-state index in [0.717, 1.165) is 18.4 Å². The highest BCUT2D eigenvalue weighted by atomic mass is 32.2. The predicted octanol–water partition coefficient (Wildman–Crippen LogP) is 6.12. The second kappa shape index (κ2) is 8.40. The Morgan fingerprint density at radius 1 is 1.09 bits per heavy atom. The SMILES string of the molecule is CC12CCC3c4ccc(OC(=O)c5ccccc5)cc4CCC3C1CC=C2OS(=O)(=O)C(F)(F)F. The molecule has 0 bridgehead atoms. The molecule has 0 spiro atoms. The molecule has 4 unspecified atom stereocenters. The molecule has 9 heteroatoms. The molecule has 2 aromatic carbocycles. The van der Waals surface area contributed by atoms with Gasteiger partial charge in [0.25, 0.3) is 0 Å². The van der Waals surface area contributed by atoms with Crippen molar-refractivity contribution >= 4 is 16.1 Å². The Morgan fingerprint density at radius 3 is 2.54 bits per heavy atom. The van der Waals surface area contributed by atoms with Crippen LogP contribution >= 0.6 is 0 Å². The fourth-order valence-electron chi connectivity index (χ4n) is 6.19. The zero-order valence-corrected chi connectivity index (χ0v) is 19.9. The van der Waals surface area contributed by atoms with Gasteiger partial charge in [-0.2, -0.15) is 21.6 Å². The summed E-state index contributed by atoms with van der Waals surface area (Å²) in [5.41, 5.74) is -3.46. The van der Waals surface area contributed by atoms with Crippen LogP contribution in [0.25, 0.3) is 0 Å². The van der Waals surface area contributed by atoms with Crippen molar-refractivity contribution in [2.45, 2.75) is 50.5 Å². The Hall–Kier alpha value is -2.81. The minimum atomic E-state index is -5.69. The summed E-state index contributed by atoms with van der Waals surface area (Å²) in [6.07, 6.45) is 4.82. The highest BCUT2D eigenvalue weighted by Crippen LogP contribution is 2.61. The first-order valence-corrected chi connectivity index (χ1v) is 13.0. The molecule has 0 radical (unpaired) electrons. The van der Waals surface area contributed by atoms with Gasteiger partial charge in [0, 0.05) is 5.41 Å². The van der Waals surface area contributed by atoms with E-state index in [1.54, 1.807) is 30.3 Å². The minimum Gasteiger partial charge on any atom is -0.423 e. The van der Waals surface area contributed by atoms with E-state index in [1.165, 1.54) is 11.6 Å². The van der Waals surface area contributed by atoms with E-state index in [2.05, 4.69) is 4.18 Å². The van der Waals surface area contributed by atoms with Crippen molar-refractivity contribution in [1.29, 1.82) is 0 Å². The monoisotopic (exact) mass is 506 g/mol. The normalized spacial score (nSPS) is 27.8. The van der Waals surface area contributed by atoms with E-state index < -0.39 is 27.0 Å². The maximum absolute atomic E-state index is 12.9. The molecule has 0 amide bonds. The van der Waals surface area contributed by atoms with Gasteiger partial charge in [-0.1, -0.05) is 31.2 Å². The molecule has 4 atom stereocenters. The van der Waals surface area contributed by atoms with Gasteiger partial charge in [0.2, 0.25) is 0 Å². The first-order valence-electron chi connectivity index (χ1n) is 11.6. The van der Waals surface area contributed by atoms with E-state index in [1.807, 2.05) is 25.1 Å². The lowest BCUT2D eigenvalue weighted by molar-refractivity contribution is -0.0544. The van der Waals surface area contributed by atoms with Crippen LogP contribution in [-0.2, 0) is 20.7 Å². The van der Waals surface area contributed by atoms with Crippen LogP contribution in [0.3, 0.4) is 0 Å². The van der Waals surface area contributed by atoms with Gasteiger partial charge in [-0.25, -0.2) is 4.79 Å². The van der Waals surface area contributed by atoms with Crippen LogP contribution in [-0.4, -0.2) is 19.9 Å². The minimum absolute atomic E-state index is 0.00317. The molecule has 0 saturated heterocycles. The van der Waals surface area contributed by atoms with Gasteiger partial charge >= 0.3 is 21.6 Å². The summed E-state index contributed by atoms with van der Waals surface area (Å²) >= 11 is 0. The molecule has 0 N–H and O–H groups in total. The van der Waals surface area contributed by atoms with E-state index >= 15 is 0 Å². The quantitative estimate of drug-likeness (QED) is 0.216. The third kappa shape index (κ3) is 4.13. The topological polar surface area (TPSA) is 69.7 Å². The molecule has 186 valence electrons. The number of rotatable bonds is 4. The number of benzene rings is 2. The number of hydrogen-bond donors (Lipinski definition) is 0. The zero-order valence-electron chi connectivity index (χ0n) is 19.0. The van der Waals surface area contributed by atoms with Gasteiger partial charge < -0.3 is 8.92 Å². The van der Waals surface area contributed by atoms with Crippen LogP contribution in [0, 0.1) is 17.3 Å². The average molecular weight is 507 g/mol. The maximum Gasteiger partial charge on any atom is 0.534 e. The number of esters is 1. The van der Waals surface area contributed by atoms with E-state index in [-0.39, 0.29) is 23.5 Å². The van der Waals surface area contributed by atoms with Crippen LogP contribution < -0.4 is 4.74 Å². The summed E-state index contributed by atoms with van der Waals surface area (Å²) in [7, 11) is -5.69. The number of allylic oxidation sites excluding steroid dienone is 2. The molecule has 0 aromatic heterocycles. The van der Waals surface area contributed by atoms with Crippen molar-refractivity contribution in [3.05, 3.63) is 77.1 Å². The first-order chi connectivity index (χ1) is 16.5. The second-order valence-corrected chi connectivity index (χ2v) is 11.3. The summed E-state index contributed by atoms with van der Waals surface area (Å²) in [5.74, 6) is 0.390. The standard InChI is InChI=1S/C26H25F3O5S/c1-25-14-13-20-19-10-8-18(33-24(30)16-5-3-2-4-6-16)15-17(19)7-9-21(20)22(25)11-12-23(25)34-35(31,32)26(27,28)29/h2-6,8,10,12,15,20-22H,7,9,11,13-14H2,1H3. The summed E-state index contributed by atoms with van der Waals surface area (Å²) in [6, 6.07) is 14.4. The molecule has 5 nitrogen and oxygen atoms in total. The molecule has 1 saturated carbocycles. The first kappa shape index (κ1) is 23.9. The van der Waals surface area contributed by atoms with Crippen LogP contribution in [0.15, 0.2) is 60.4 Å². The van der Waals surface area contributed by atoms with Gasteiger partial charge in [-0.15, -0.1) is 0 Å². The highest BCUT2D eigenvalue weighted by Gasteiger charge is 2.56. The van der Waals surface area contributed by atoms with E-state index in [0.29, 0.717) is 30.6 Å². The molecular formula is C26H25F3O5S. The van der Waals surface area contributed by atoms with E-state index in [9.17, 15) is 26.4 Å². The van der Waals surface area contributed by atoms with Crippen LogP contribution in [0.1, 0.15) is 60.0 Å².